The van der Waals surface area contributed by atoms with Gasteiger partial charge in [-0.25, -0.2) is 4.68 Å². The first-order valence-corrected chi connectivity index (χ1v) is 5.70. The van der Waals surface area contributed by atoms with Gasteiger partial charge in [-0.1, -0.05) is 11.3 Å². The number of hydrogen-bond acceptors (Lipinski definition) is 5. The van der Waals surface area contributed by atoms with E-state index in [1.54, 1.807) is 18.9 Å². The standard InChI is InChI=1S/C13H14N4O2/c1-9-4-5-13(19-3)11(6-9)17-12(8-18-2)10(7-14)15-16-17/h4-6H,8H2,1-3H3. The molecule has 0 unspecified atom stereocenters. The Bertz CT molecular complexity index is 628. The third kappa shape index (κ3) is 2.41. The molecule has 0 radical (unpaired) electrons. The van der Waals surface area contributed by atoms with Gasteiger partial charge in [-0.05, 0) is 24.6 Å². The number of aromatic nitrogens is 3. The molecule has 0 spiro atoms. The topological polar surface area (TPSA) is 73.0 Å². The van der Waals surface area contributed by atoms with Crippen LogP contribution in [0.4, 0.5) is 0 Å². The van der Waals surface area contributed by atoms with Gasteiger partial charge in [0.15, 0.2) is 5.69 Å². The van der Waals surface area contributed by atoms with Gasteiger partial charge in [0, 0.05) is 7.11 Å². The maximum atomic E-state index is 9.03. The van der Waals surface area contributed by atoms with E-state index in [1.165, 1.54) is 0 Å². The molecule has 6 heteroatoms. The first-order valence-electron chi connectivity index (χ1n) is 5.70. The summed E-state index contributed by atoms with van der Waals surface area (Å²) in [6.07, 6.45) is 0. The van der Waals surface area contributed by atoms with Crippen molar-refractivity contribution in [1.29, 1.82) is 5.26 Å². The maximum Gasteiger partial charge on any atom is 0.188 e. The Kier molecular flexibility index (Phi) is 3.78. The van der Waals surface area contributed by atoms with Crippen molar-refractivity contribution >= 4 is 0 Å². The molecule has 0 N–H and O–H groups in total. The lowest BCUT2D eigenvalue weighted by Gasteiger charge is -2.11. The molecular weight excluding hydrogens is 244 g/mol. The molecule has 1 aromatic carbocycles. The van der Waals surface area contributed by atoms with Gasteiger partial charge in [-0.2, -0.15) is 5.26 Å². The van der Waals surface area contributed by atoms with E-state index >= 15 is 0 Å². The molecule has 98 valence electrons. The average molecular weight is 258 g/mol. The van der Waals surface area contributed by atoms with E-state index in [-0.39, 0.29) is 12.3 Å². The molecule has 2 rings (SSSR count). The average Bonchev–Trinajstić information content (AvgIpc) is 2.82. The summed E-state index contributed by atoms with van der Waals surface area (Å²) in [5.74, 6) is 0.664. The quantitative estimate of drug-likeness (QED) is 0.832. The molecule has 2 aromatic rings. The van der Waals surface area contributed by atoms with Crippen molar-refractivity contribution in [1.82, 2.24) is 15.0 Å². The van der Waals surface area contributed by atoms with Crippen molar-refractivity contribution in [3.63, 3.8) is 0 Å². The van der Waals surface area contributed by atoms with E-state index in [1.807, 2.05) is 31.2 Å². The van der Waals surface area contributed by atoms with Crippen LogP contribution < -0.4 is 4.74 Å². The summed E-state index contributed by atoms with van der Waals surface area (Å²) in [4.78, 5) is 0. The molecule has 0 atom stereocenters. The van der Waals surface area contributed by atoms with E-state index in [0.29, 0.717) is 11.4 Å². The molecule has 1 aromatic heterocycles. The van der Waals surface area contributed by atoms with E-state index in [4.69, 9.17) is 14.7 Å². The summed E-state index contributed by atoms with van der Waals surface area (Å²) >= 11 is 0. The van der Waals surface area contributed by atoms with Gasteiger partial charge in [0.2, 0.25) is 0 Å². The highest BCUT2D eigenvalue weighted by molar-refractivity contribution is 5.50. The molecular formula is C13H14N4O2. The second kappa shape index (κ2) is 5.50. The smallest absolute Gasteiger partial charge is 0.188 e. The Morgan fingerprint density at radius 1 is 1.37 bits per heavy atom. The van der Waals surface area contributed by atoms with Crippen LogP contribution in [0.15, 0.2) is 18.2 Å². The van der Waals surface area contributed by atoms with Crippen molar-refractivity contribution in [3.05, 3.63) is 35.2 Å². The lowest BCUT2D eigenvalue weighted by Crippen LogP contribution is -2.06. The van der Waals surface area contributed by atoms with Crippen LogP contribution in [0, 0.1) is 18.3 Å². The molecule has 0 amide bonds. The van der Waals surface area contributed by atoms with Crippen molar-refractivity contribution in [2.24, 2.45) is 0 Å². The molecule has 0 aliphatic heterocycles. The highest BCUT2D eigenvalue weighted by atomic mass is 16.5. The zero-order valence-electron chi connectivity index (χ0n) is 11.0. The number of rotatable bonds is 4. The molecule has 0 saturated carbocycles. The van der Waals surface area contributed by atoms with Gasteiger partial charge in [0.25, 0.3) is 0 Å². The number of methoxy groups -OCH3 is 2. The third-order valence-electron chi connectivity index (χ3n) is 2.71. The normalized spacial score (nSPS) is 10.2. The van der Waals surface area contributed by atoms with Crippen LogP contribution in [0.3, 0.4) is 0 Å². The number of benzene rings is 1. The lowest BCUT2D eigenvalue weighted by atomic mass is 10.2. The Morgan fingerprint density at radius 2 is 2.16 bits per heavy atom. The number of nitrogens with zero attached hydrogens (tertiary/aromatic N) is 4. The number of nitriles is 1. The minimum atomic E-state index is 0.255. The summed E-state index contributed by atoms with van der Waals surface area (Å²) < 4.78 is 12.0. The number of ether oxygens (including phenoxy) is 2. The first-order chi connectivity index (χ1) is 9.21. The molecule has 0 saturated heterocycles. The van der Waals surface area contributed by atoms with Gasteiger partial charge < -0.3 is 9.47 Å². The fourth-order valence-corrected chi connectivity index (χ4v) is 1.81. The SMILES string of the molecule is COCc1c(C#N)nnn1-c1cc(C)ccc1OC. The molecule has 0 aliphatic rings. The summed E-state index contributed by atoms with van der Waals surface area (Å²) in [6.45, 7) is 2.23. The Balaban J connectivity index is 2.62. The predicted molar refractivity (Wildman–Crippen MR) is 68.1 cm³/mol. The van der Waals surface area contributed by atoms with Crippen LogP contribution in [-0.4, -0.2) is 29.2 Å². The van der Waals surface area contributed by atoms with Crippen molar-refractivity contribution < 1.29 is 9.47 Å². The first kappa shape index (κ1) is 13.1. The maximum absolute atomic E-state index is 9.03. The van der Waals surface area contributed by atoms with Crippen LogP contribution in [0.25, 0.3) is 5.69 Å². The van der Waals surface area contributed by atoms with Crippen LogP contribution in [0.5, 0.6) is 5.75 Å². The zero-order chi connectivity index (χ0) is 13.8. The molecule has 0 bridgehead atoms. The summed E-state index contributed by atoms with van der Waals surface area (Å²) in [5.41, 5.74) is 2.66. The second-order valence-corrected chi connectivity index (χ2v) is 4.02. The van der Waals surface area contributed by atoms with Gasteiger partial charge in [-0.3, -0.25) is 0 Å². The fourth-order valence-electron chi connectivity index (χ4n) is 1.81. The highest BCUT2D eigenvalue weighted by Gasteiger charge is 2.16. The number of hydrogen-bond donors (Lipinski definition) is 0. The Hall–Kier alpha value is -2.39. The summed E-state index contributed by atoms with van der Waals surface area (Å²) in [6, 6.07) is 7.73. The minimum absolute atomic E-state index is 0.255. The zero-order valence-corrected chi connectivity index (χ0v) is 11.0. The lowest BCUT2D eigenvalue weighted by molar-refractivity contribution is 0.179. The molecule has 1 heterocycles. The van der Waals surface area contributed by atoms with Crippen molar-refractivity contribution in [2.75, 3.05) is 14.2 Å². The summed E-state index contributed by atoms with van der Waals surface area (Å²) in [7, 11) is 3.15. The highest BCUT2D eigenvalue weighted by Crippen LogP contribution is 2.25. The largest absolute Gasteiger partial charge is 0.494 e. The van der Waals surface area contributed by atoms with Crippen molar-refractivity contribution in [2.45, 2.75) is 13.5 Å². The van der Waals surface area contributed by atoms with Gasteiger partial charge in [0.05, 0.1) is 13.7 Å². The van der Waals surface area contributed by atoms with E-state index in [0.717, 1.165) is 11.3 Å². The molecule has 6 nitrogen and oxygen atoms in total. The van der Waals surface area contributed by atoms with Gasteiger partial charge in [-0.15, -0.1) is 5.10 Å². The van der Waals surface area contributed by atoms with E-state index < -0.39 is 0 Å². The minimum Gasteiger partial charge on any atom is -0.494 e. The van der Waals surface area contributed by atoms with E-state index in [9.17, 15) is 0 Å². The molecule has 0 fully saturated rings. The second-order valence-electron chi connectivity index (χ2n) is 4.02. The van der Waals surface area contributed by atoms with Crippen LogP contribution in [0.1, 0.15) is 17.0 Å². The summed E-state index contributed by atoms with van der Waals surface area (Å²) in [5, 5.41) is 16.9. The predicted octanol–water partition coefficient (Wildman–Crippen LogP) is 1.60. The van der Waals surface area contributed by atoms with Gasteiger partial charge >= 0.3 is 0 Å². The molecule has 19 heavy (non-hydrogen) atoms. The molecule has 0 aliphatic carbocycles. The van der Waals surface area contributed by atoms with Gasteiger partial charge in [0.1, 0.15) is 23.2 Å². The Morgan fingerprint density at radius 3 is 2.79 bits per heavy atom. The Labute approximate surface area is 111 Å². The number of aryl methyl sites for hydroxylation is 1. The van der Waals surface area contributed by atoms with Crippen molar-refractivity contribution in [3.8, 4) is 17.5 Å². The van der Waals surface area contributed by atoms with Crippen LogP contribution in [0.2, 0.25) is 0 Å². The van der Waals surface area contributed by atoms with Crippen LogP contribution >= 0.6 is 0 Å². The fraction of sp³-hybridized carbons (Fsp3) is 0.308. The van der Waals surface area contributed by atoms with E-state index in [2.05, 4.69) is 10.3 Å². The third-order valence-corrected chi connectivity index (χ3v) is 2.71. The van der Waals surface area contributed by atoms with Crippen LogP contribution in [-0.2, 0) is 11.3 Å². The monoisotopic (exact) mass is 258 g/mol.